The van der Waals surface area contributed by atoms with Crippen LogP contribution in [0.2, 0.25) is 0 Å². The Balaban J connectivity index is 1.73. The third-order valence-electron chi connectivity index (χ3n) is 12.4. The van der Waals surface area contributed by atoms with E-state index in [1.807, 2.05) is 20.1 Å². The van der Waals surface area contributed by atoms with Gasteiger partial charge in [0.2, 0.25) is 0 Å². The van der Waals surface area contributed by atoms with Gasteiger partial charge in [-0.2, -0.15) is 0 Å². The number of ether oxygens (including phenoxy) is 1. The van der Waals surface area contributed by atoms with E-state index in [0.29, 0.717) is 12.5 Å². The van der Waals surface area contributed by atoms with Gasteiger partial charge in [-0.1, -0.05) is 33.4 Å². The second kappa shape index (κ2) is 8.68. The predicted molar refractivity (Wildman–Crippen MR) is 150 cm³/mol. The fraction of sp³-hybridized carbons (Fsp3) is 0.781. The number of piperidine rings is 1. The van der Waals surface area contributed by atoms with E-state index in [1.165, 1.54) is 19.4 Å². The van der Waals surface area contributed by atoms with E-state index in [-0.39, 0.29) is 33.5 Å². The number of hydrogen-bond donors (Lipinski definition) is 3. The molecule has 0 radical (unpaired) electrons. The van der Waals surface area contributed by atoms with Crippen molar-refractivity contribution in [3.63, 3.8) is 0 Å². The van der Waals surface area contributed by atoms with Gasteiger partial charge in [-0.15, -0.1) is 0 Å². The molecule has 38 heavy (non-hydrogen) atoms. The first-order valence-electron chi connectivity index (χ1n) is 14.7. The highest BCUT2D eigenvalue weighted by Crippen LogP contribution is 2.74. The van der Waals surface area contributed by atoms with Gasteiger partial charge in [-0.3, -0.25) is 4.79 Å². The van der Waals surface area contributed by atoms with E-state index in [0.717, 1.165) is 61.0 Å². The summed E-state index contributed by atoms with van der Waals surface area (Å²) in [5.74, 6) is 0.245. The standard InChI is InChI=1S/C32H50N2O4/c1-21-8-11-23(27(33)36)24(35)17-30-14-15-34(6,19-22-9-10-22)26(16-21)31(30)12-13-32(20-30,38-7)25(18-31)29(5,37)28(2,3)4/h8,11,22,25-26,37H,1,9-10,12-20H2,2-7H3,(H2-,33,35,36)/p+1/b11-8-/t25-,26-,29?,30+,31-,32+,34-/m1/s1. The summed E-state index contributed by atoms with van der Waals surface area (Å²) >= 11 is 0. The molecule has 0 aromatic heterocycles. The van der Waals surface area contributed by atoms with Gasteiger partial charge in [0.1, 0.15) is 5.76 Å². The van der Waals surface area contributed by atoms with Crippen molar-refractivity contribution in [2.75, 3.05) is 27.2 Å². The normalized spacial score (nSPS) is 45.7. The molecule has 1 spiro atoms. The number of allylic oxidation sites excluding steroid dienone is 2. The molecule has 6 aliphatic rings. The number of carbonyl (C=O) groups is 1. The molecule has 0 aromatic carbocycles. The van der Waals surface area contributed by atoms with Crippen molar-refractivity contribution in [2.24, 2.45) is 33.8 Å². The van der Waals surface area contributed by atoms with E-state index in [1.54, 1.807) is 6.08 Å². The minimum atomic E-state index is -0.936. The molecule has 1 amide bonds. The quantitative estimate of drug-likeness (QED) is 0.430. The van der Waals surface area contributed by atoms with Gasteiger partial charge in [-0.05, 0) is 67.9 Å². The fourth-order valence-corrected chi connectivity index (χ4v) is 9.57. The lowest BCUT2D eigenvalue weighted by atomic mass is 9.35. The molecule has 6 nitrogen and oxygen atoms in total. The lowest BCUT2D eigenvalue weighted by Crippen LogP contribution is -2.78. The van der Waals surface area contributed by atoms with Crippen LogP contribution in [0.3, 0.4) is 0 Å². The monoisotopic (exact) mass is 527 g/mol. The van der Waals surface area contributed by atoms with Gasteiger partial charge >= 0.3 is 0 Å². The zero-order chi connectivity index (χ0) is 27.9. The van der Waals surface area contributed by atoms with Crippen LogP contribution >= 0.6 is 0 Å². The van der Waals surface area contributed by atoms with Crippen LogP contribution in [0.1, 0.15) is 85.5 Å². The lowest BCUT2D eigenvalue weighted by molar-refractivity contribution is -0.953. The number of fused-ring (bicyclic) bond motifs is 2. The Kier molecular flexibility index (Phi) is 6.38. The second-order valence-electron chi connectivity index (χ2n) is 15.2. The molecule has 1 aliphatic heterocycles. The number of carbonyl (C=O) groups excluding carboxylic acids is 1. The summed E-state index contributed by atoms with van der Waals surface area (Å²) < 4.78 is 7.52. The van der Waals surface area contributed by atoms with Crippen molar-refractivity contribution < 1.29 is 24.2 Å². The van der Waals surface area contributed by atoms with E-state index in [2.05, 4.69) is 34.4 Å². The van der Waals surface area contributed by atoms with E-state index < -0.39 is 17.1 Å². The average molecular weight is 528 g/mol. The third kappa shape index (κ3) is 3.96. The molecular formula is C32H51N2O4+. The first kappa shape index (κ1) is 27.9. The molecule has 5 aliphatic carbocycles. The van der Waals surface area contributed by atoms with Crippen molar-refractivity contribution in [2.45, 2.75) is 103 Å². The molecule has 4 N–H and O–H groups in total. The van der Waals surface area contributed by atoms with Crippen LogP contribution in [-0.2, 0) is 9.53 Å². The molecule has 6 heteroatoms. The maximum Gasteiger partial charge on any atom is 0.252 e. The molecule has 6 rings (SSSR count). The number of rotatable bonds is 5. The predicted octanol–water partition coefficient (Wildman–Crippen LogP) is 5.18. The van der Waals surface area contributed by atoms with Crippen molar-refractivity contribution >= 4 is 5.91 Å². The number of aliphatic hydroxyl groups excluding tert-OH is 1. The third-order valence-corrected chi connectivity index (χ3v) is 12.4. The van der Waals surface area contributed by atoms with Crippen molar-refractivity contribution in [3.05, 3.63) is 35.6 Å². The Hall–Kier alpha value is -1.63. The average Bonchev–Trinajstić information content (AvgIpc) is 3.63. The van der Waals surface area contributed by atoms with Crippen LogP contribution in [0.5, 0.6) is 0 Å². The van der Waals surface area contributed by atoms with Crippen molar-refractivity contribution in [3.8, 4) is 0 Å². The smallest absolute Gasteiger partial charge is 0.252 e. The summed E-state index contributed by atoms with van der Waals surface area (Å²) in [4.78, 5) is 12.4. The first-order valence-corrected chi connectivity index (χ1v) is 14.7. The molecule has 5 fully saturated rings. The van der Waals surface area contributed by atoms with Gasteiger partial charge in [-0.25, -0.2) is 0 Å². The number of primary amides is 1. The van der Waals surface area contributed by atoms with Crippen molar-refractivity contribution in [1.29, 1.82) is 0 Å². The van der Waals surface area contributed by atoms with Crippen LogP contribution in [0.25, 0.3) is 0 Å². The van der Waals surface area contributed by atoms with E-state index in [4.69, 9.17) is 10.5 Å². The molecule has 1 unspecified atom stereocenters. The summed E-state index contributed by atoms with van der Waals surface area (Å²) in [5, 5.41) is 23.8. The number of quaternary nitrogens is 1. The molecule has 7 atom stereocenters. The number of hydrogen-bond acceptors (Lipinski definition) is 4. The topological polar surface area (TPSA) is 92.8 Å². The summed E-state index contributed by atoms with van der Waals surface area (Å²) in [6.07, 6.45) is 12.0. The summed E-state index contributed by atoms with van der Waals surface area (Å²) in [7, 11) is 4.27. The highest BCUT2D eigenvalue weighted by Gasteiger charge is 2.75. The molecule has 4 saturated carbocycles. The SMILES string of the molecule is C=C1/C=C\C(C(N)=O)=C(\O)C[C@]23CC[N@+](C)(CC4CC4)[C@H](C1)[C@]21CC[C@](OC)(C3)[C@@H](C(C)(O)C(C)(C)C)C1. The number of aliphatic hydroxyl groups is 2. The van der Waals surface area contributed by atoms with Gasteiger partial charge in [0.05, 0.1) is 43.0 Å². The summed E-state index contributed by atoms with van der Waals surface area (Å²) in [6.45, 7) is 15.1. The Morgan fingerprint density at radius 1 is 1.21 bits per heavy atom. The Morgan fingerprint density at radius 3 is 2.47 bits per heavy atom. The fourth-order valence-electron chi connectivity index (χ4n) is 9.57. The molecule has 0 aromatic rings. The number of likely N-dealkylation sites (tertiary alicyclic amines) is 1. The van der Waals surface area contributed by atoms with E-state index in [9.17, 15) is 15.0 Å². The van der Waals surface area contributed by atoms with E-state index >= 15 is 0 Å². The molecule has 1 saturated heterocycles. The molecule has 4 bridgehead atoms. The van der Waals surface area contributed by atoms with Crippen LogP contribution in [0, 0.1) is 28.1 Å². The number of nitrogens with two attached hydrogens (primary N) is 1. The van der Waals surface area contributed by atoms with Crippen LogP contribution in [0.15, 0.2) is 35.6 Å². The van der Waals surface area contributed by atoms with Crippen molar-refractivity contribution in [1.82, 2.24) is 0 Å². The maximum atomic E-state index is 12.4. The minimum absolute atomic E-state index is 0.0367. The minimum Gasteiger partial charge on any atom is -0.511 e. The maximum absolute atomic E-state index is 12.4. The second-order valence-corrected chi connectivity index (χ2v) is 15.2. The van der Waals surface area contributed by atoms with Gasteiger partial charge < -0.3 is 25.2 Å². The van der Waals surface area contributed by atoms with Crippen LogP contribution in [0.4, 0.5) is 0 Å². The van der Waals surface area contributed by atoms with Gasteiger partial charge in [0.25, 0.3) is 5.91 Å². The van der Waals surface area contributed by atoms with Crippen LogP contribution in [-0.4, -0.2) is 65.1 Å². The van der Waals surface area contributed by atoms with Gasteiger partial charge in [0, 0.05) is 43.6 Å². The highest BCUT2D eigenvalue weighted by atomic mass is 16.5. The lowest BCUT2D eigenvalue weighted by Gasteiger charge is -2.74. The zero-order valence-corrected chi connectivity index (χ0v) is 24.6. The Bertz CT molecular complexity index is 1080. The molecule has 1 heterocycles. The number of methoxy groups -OCH3 is 1. The molecule has 212 valence electrons. The van der Waals surface area contributed by atoms with Crippen LogP contribution < -0.4 is 5.73 Å². The zero-order valence-electron chi connectivity index (χ0n) is 24.6. The highest BCUT2D eigenvalue weighted by molar-refractivity contribution is 5.95. The Morgan fingerprint density at radius 2 is 1.89 bits per heavy atom. The number of nitrogens with zero attached hydrogens (tertiary/aromatic N) is 1. The molecular weight excluding hydrogens is 476 g/mol. The largest absolute Gasteiger partial charge is 0.511 e. The summed E-state index contributed by atoms with van der Waals surface area (Å²) in [6, 6.07) is 0.324. The Labute approximate surface area is 229 Å². The van der Waals surface area contributed by atoms with Gasteiger partial charge in [0.15, 0.2) is 0 Å². The summed E-state index contributed by atoms with van der Waals surface area (Å²) in [5.41, 5.74) is 4.83. The number of amides is 1. The first-order chi connectivity index (χ1) is 17.5.